The molecule has 0 aliphatic heterocycles. The molecule has 77 heavy (non-hydrogen) atoms. The van der Waals surface area contributed by atoms with Gasteiger partial charge in [-0.15, -0.1) is 0 Å². The molecule has 2 atom stereocenters. The normalized spacial score (nSPS) is 13.0. The highest BCUT2D eigenvalue weighted by atomic mass is 16.3. The summed E-state index contributed by atoms with van der Waals surface area (Å²) >= 11 is 0. The third kappa shape index (κ3) is 64.8. The van der Waals surface area contributed by atoms with Crippen molar-refractivity contribution >= 4 is 5.91 Å². The lowest BCUT2D eigenvalue weighted by molar-refractivity contribution is -0.123. The van der Waals surface area contributed by atoms with Crippen LogP contribution in [0, 0.1) is 0 Å². The zero-order valence-electron chi connectivity index (χ0n) is 52.2. The highest BCUT2D eigenvalue weighted by Crippen LogP contribution is 2.19. The third-order valence-electron chi connectivity index (χ3n) is 16.3. The van der Waals surface area contributed by atoms with Gasteiger partial charge in [0.2, 0.25) is 5.91 Å². The van der Waals surface area contributed by atoms with Crippen molar-refractivity contribution < 1.29 is 15.0 Å². The predicted octanol–water partition coefficient (Wildman–Crippen LogP) is 23.9. The number of unbranched alkanes of at least 4 members (excludes halogenated alkanes) is 48. The summed E-state index contributed by atoms with van der Waals surface area (Å²) < 4.78 is 0. The highest BCUT2D eigenvalue weighted by molar-refractivity contribution is 5.76. The van der Waals surface area contributed by atoms with Gasteiger partial charge in [-0.05, 0) is 57.8 Å². The molecule has 3 N–H and O–H groups in total. The van der Waals surface area contributed by atoms with E-state index in [-0.39, 0.29) is 12.5 Å². The number of hydrogen-bond donors (Lipinski definition) is 3. The number of amides is 1. The summed E-state index contributed by atoms with van der Waals surface area (Å²) in [7, 11) is 0. The van der Waals surface area contributed by atoms with Gasteiger partial charge in [-0.1, -0.05) is 376 Å². The van der Waals surface area contributed by atoms with E-state index >= 15 is 0 Å². The van der Waals surface area contributed by atoms with Crippen LogP contribution in [0.3, 0.4) is 0 Å². The molecule has 0 aromatic heterocycles. The van der Waals surface area contributed by atoms with E-state index in [0.717, 1.165) is 57.8 Å². The Hall–Kier alpha value is -1.91. The second-order valence-corrected chi connectivity index (χ2v) is 23.9. The maximum Gasteiger partial charge on any atom is 0.220 e. The van der Waals surface area contributed by atoms with Gasteiger partial charge in [-0.2, -0.15) is 0 Å². The summed E-state index contributed by atoms with van der Waals surface area (Å²) in [6.45, 7) is 4.29. The van der Waals surface area contributed by atoms with Crippen molar-refractivity contribution in [2.75, 3.05) is 6.61 Å². The fourth-order valence-corrected chi connectivity index (χ4v) is 11.0. The summed E-state index contributed by atoms with van der Waals surface area (Å²) in [6, 6.07) is -0.538. The number of carbonyl (C=O) groups is 1. The lowest BCUT2D eigenvalue weighted by Gasteiger charge is -2.22. The molecule has 452 valence electrons. The van der Waals surface area contributed by atoms with E-state index < -0.39 is 12.1 Å². The molecule has 0 spiro atoms. The first-order valence-corrected chi connectivity index (χ1v) is 35.0. The fourth-order valence-electron chi connectivity index (χ4n) is 11.0. The van der Waals surface area contributed by atoms with E-state index in [0.29, 0.717) is 12.8 Å². The van der Waals surface area contributed by atoms with Gasteiger partial charge in [0.05, 0.1) is 18.8 Å². The summed E-state index contributed by atoms with van der Waals surface area (Å²) in [5.41, 5.74) is 0. The van der Waals surface area contributed by atoms with Crippen molar-refractivity contribution in [3.05, 3.63) is 60.8 Å². The Bertz CT molecular complexity index is 1270. The monoisotopic (exact) mass is 1080 g/mol. The quantitative estimate of drug-likeness (QED) is 0.0420. The molecule has 4 heteroatoms. The van der Waals surface area contributed by atoms with Gasteiger partial charge in [0.15, 0.2) is 0 Å². The molecule has 0 radical (unpaired) electrons. The molecule has 0 aromatic carbocycles. The van der Waals surface area contributed by atoms with Crippen LogP contribution >= 0.6 is 0 Å². The summed E-state index contributed by atoms with van der Waals surface area (Å²) in [5, 5.41) is 23.5. The van der Waals surface area contributed by atoms with E-state index in [1.54, 1.807) is 0 Å². The van der Waals surface area contributed by atoms with Crippen molar-refractivity contribution in [1.82, 2.24) is 5.32 Å². The van der Waals surface area contributed by atoms with Crippen LogP contribution in [-0.2, 0) is 4.79 Å². The molecule has 0 saturated carbocycles. The maximum absolute atomic E-state index is 12.6. The minimum absolute atomic E-state index is 0.0248. The van der Waals surface area contributed by atoms with Crippen molar-refractivity contribution in [1.29, 1.82) is 0 Å². The smallest absolute Gasteiger partial charge is 0.220 e. The van der Waals surface area contributed by atoms with E-state index in [1.165, 1.54) is 295 Å². The molecule has 0 aliphatic carbocycles. The summed E-state index contributed by atoms with van der Waals surface area (Å²) in [5.74, 6) is -0.0248. The van der Waals surface area contributed by atoms with Crippen LogP contribution in [0.15, 0.2) is 60.8 Å². The molecule has 4 nitrogen and oxygen atoms in total. The molecule has 0 bridgehead atoms. The Morgan fingerprint density at radius 3 is 0.857 bits per heavy atom. The minimum atomic E-state index is -0.662. The largest absolute Gasteiger partial charge is 0.394 e. The number of nitrogens with one attached hydrogen (secondary N) is 1. The molecule has 0 saturated heterocycles. The number of aliphatic hydroxyl groups is 2. The molecule has 0 aliphatic rings. The number of aliphatic hydroxyl groups excluding tert-OH is 2. The molecular weight excluding hydrogens is 939 g/mol. The molecular formula is C73H137NO3. The first-order chi connectivity index (χ1) is 38.2. The van der Waals surface area contributed by atoms with Crippen LogP contribution in [0.2, 0.25) is 0 Å². The van der Waals surface area contributed by atoms with Crippen molar-refractivity contribution in [3.8, 4) is 0 Å². The Morgan fingerprint density at radius 1 is 0.325 bits per heavy atom. The van der Waals surface area contributed by atoms with Crippen LogP contribution in [-0.4, -0.2) is 34.9 Å². The minimum Gasteiger partial charge on any atom is -0.394 e. The van der Waals surface area contributed by atoms with Crippen LogP contribution in [0.1, 0.15) is 380 Å². The summed E-state index contributed by atoms with van der Waals surface area (Å²) in [6.07, 6.45) is 97.1. The number of allylic oxidation sites excluding steroid dienone is 10. The Kier molecular flexibility index (Phi) is 66.7. The van der Waals surface area contributed by atoms with Crippen LogP contribution in [0.5, 0.6) is 0 Å². The summed E-state index contributed by atoms with van der Waals surface area (Å²) in [4.78, 5) is 12.6. The number of rotatable bonds is 65. The first-order valence-electron chi connectivity index (χ1n) is 35.0. The molecule has 0 aromatic rings. The van der Waals surface area contributed by atoms with Crippen molar-refractivity contribution in [2.45, 2.75) is 392 Å². The van der Waals surface area contributed by atoms with E-state index in [1.807, 2.05) is 0 Å². The molecule has 0 heterocycles. The standard InChI is InChI=1S/C73H137NO3/c1-3-5-7-9-11-13-15-17-19-21-23-25-27-29-31-33-35-36-37-38-39-41-43-45-47-49-51-53-55-57-59-61-63-65-67-69-73(77)74-71(70-75)72(76)68-66-64-62-60-58-56-54-52-50-48-46-44-42-40-34-32-30-28-26-24-22-20-18-16-14-12-10-8-6-4-2/h5,7,11,13,17,19,23,25,29,31,71-72,75-76H,3-4,6,8-10,12,14-16,18,20-22,24,26-28,30,32-70H2,1-2H3,(H,74,77)/b7-5-,13-11-,19-17-,25-23-,31-29-. The molecule has 0 rings (SSSR count). The lowest BCUT2D eigenvalue weighted by Crippen LogP contribution is -2.45. The highest BCUT2D eigenvalue weighted by Gasteiger charge is 2.20. The van der Waals surface area contributed by atoms with Crippen molar-refractivity contribution in [3.63, 3.8) is 0 Å². The Labute approximate surface area is 483 Å². The van der Waals surface area contributed by atoms with Gasteiger partial charge < -0.3 is 15.5 Å². The zero-order valence-corrected chi connectivity index (χ0v) is 52.2. The zero-order chi connectivity index (χ0) is 55.5. The average Bonchev–Trinajstić information content (AvgIpc) is 3.43. The van der Waals surface area contributed by atoms with E-state index in [4.69, 9.17) is 0 Å². The fraction of sp³-hybridized carbons (Fsp3) is 0.849. The van der Waals surface area contributed by atoms with Gasteiger partial charge in [-0.3, -0.25) is 4.79 Å². The number of carbonyl (C=O) groups excluding carboxylic acids is 1. The second kappa shape index (κ2) is 68.4. The molecule has 2 unspecified atom stereocenters. The SMILES string of the molecule is CC/C=C\C/C=C\C/C=C\C/C=C\C/C=C\CCCCCCCCCCCCCCCCCCCCCC(=O)NC(CO)C(O)CCCCCCCCCCCCCCCCCCCCCCCCCCCCCCCC. The lowest BCUT2D eigenvalue weighted by atomic mass is 10.0. The van der Waals surface area contributed by atoms with Crippen molar-refractivity contribution in [2.24, 2.45) is 0 Å². The number of hydrogen-bond acceptors (Lipinski definition) is 3. The second-order valence-electron chi connectivity index (χ2n) is 23.9. The predicted molar refractivity (Wildman–Crippen MR) is 345 cm³/mol. The van der Waals surface area contributed by atoms with Crippen LogP contribution in [0.25, 0.3) is 0 Å². The van der Waals surface area contributed by atoms with Gasteiger partial charge >= 0.3 is 0 Å². The third-order valence-corrected chi connectivity index (χ3v) is 16.3. The van der Waals surface area contributed by atoms with Gasteiger partial charge in [-0.25, -0.2) is 0 Å². The Morgan fingerprint density at radius 2 is 0.571 bits per heavy atom. The van der Waals surface area contributed by atoms with Crippen LogP contribution in [0.4, 0.5) is 0 Å². The van der Waals surface area contributed by atoms with Gasteiger partial charge in [0.25, 0.3) is 0 Å². The topological polar surface area (TPSA) is 69.6 Å². The Balaban J connectivity index is 3.40. The average molecular weight is 1080 g/mol. The molecule has 1 amide bonds. The molecule has 0 fully saturated rings. The first kappa shape index (κ1) is 75.1. The van der Waals surface area contributed by atoms with E-state index in [9.17, 15) is 15.0 Å². The van der Waals surface area contributed by atoms with Gasteiger partial charge in [0, 0.05) is 6.42 Å². The maximum atomic E-state index is 12.6. The van der Waals surface area contributed by atoms with Gasteiger partial charge in [0.1, 0.15) is 0 Å². The van der Waals surface area contributed by atoms with E-state index in [2.05, 4.69) is 79.9 Å². The van der Waals surface area contributed by atoms with Crippen LogP contribution < -0.4 is 5.32 Å².